The second kappa shape index (κ2) is 7.46. The Bertz CT molecular complexity index is 1120. The summed E-state index contributed by atoms with van der Waals surface area (Å²) in [5.41, 5.74) is 1.63. The SMILES string of the molecule is O=[S@@]1CC2(CC2)c2nc(N3CC=C(c4ncc(Cl)cn4)CC3)nc(NC3(CO)CCC3)c21. The Morgan fingerprint density at radius 2 is 1.97 bits per heavy atom. The van der Waals surface area contributed by atoms with Gasteiger partial charge in [-0.15, -0.1) is 0 Å². The number of aliphatic hydroxyl groups excluding tert-OH is 1. The molecule has 0 unspecified atom stereocenters. The van der Waals surface area contributed by atoms with E-state index in [1.165, 1.54) is 0 Å². The van der Waals surface area contributed by atoms with E-state index in [1.54, 1.807) is 12.4 Å². The van der Waals surface area contributed by atoms with Crippen molar-refractivity contribution in [1.29, 1.82) is 0 Å². The van der Waals surface area contributed by atoms with Crippen molar-refractivity contribution >= 4 is 39.7 Å². The highest BCUT2D eigenvalue weighted by Gasteiger charge is 2.55. The average molecular weight is 473 g/mol. The Hall–Kier alpha value is -2.10. The molecule has 1 atom stereocenters. The minimum atomic E-state index is -1.10. The van der Waals surface area contributed by atoms with Crippen molar-refractivity contribution in [2.45, 2.75) is 54.4 Å². The first-order chi connectivity index (χ1) is 15.5. The predicted molar refractivity (Wildman–Crippen MR) is 123 cm³/mol. The van der Waals surface area contributed by atoms with Crippen LogP contribution in [0.5, 0.6) is 0 Å². The lowest BCUT2D eigenvalue weighted by atomic mass is 9.77. The minimum absolute atomic E-state index is 0.0474. The smallest absolute Gasteiger partial charge is 0.227 e. The molecule has 2 aliphatic carbocycles. The summed E-state index contributed by atoms with van der Waals surface area (Å²) < 4.78 is 13.0. The summed E-state index contributed by atoms with van der Waals surface area (Å²) in [4.78, 5) is 21.4. The zero-order valence-electron chi connectivity index (χ0n) is 17.7. The molecule has 0 aromatic carbocycles. The van der Waals surface area contributed by atoms with Crippen LogP contribution in [0.15, 0.2) is 23.4 Å². The van der Waals surface area contributed by atoms with E-state index in [1.807, 2.05) is 0 Å². The van der Waals surface area contributed by atoms with Crippen molar-refractivity contribution < 1.29 is 9.32 Å². The highest BCUT2D eigenvalue weighted by molar-refractivity contribution is 7.85. The molecule has 4 aliphatic rings. The molecule has 4 heterocycles. The molecule has 2 aromatic rings. The number of halogens is 1. The first kappa shape index (κ1) is 20.5. The van der Waals surface area contributed by atoms with Crippen molar-refractivity contribution in [2.24, 2.45) is 0 Å². The van der Waals surface area contributed by atoms with E-state index in [0.29, 0.717) is 34.9 Å². The van der Waals surface area contributed by atoms with Crippen LogP contribution in [0.2, 0.25) is 5.02 Å². The second-order valence-electron chi connectivity index (χ2n) is 9.39. The summed E-state index contributed by atoms with van der Waals surface area (Å²) in [5.74, 6) is 2.65. The molecular formula is C22H25ClN6O2S. The van der Waals surface area contributed by atoms with Crippen LogP contribution in [-0.4, -0.2) is 60.2 Å². The number of anilines is 2. The van der Waals surface area contributed by atoms with Crippen molar-refractivity contribution in [3.8, 4) is 0 Å². The molecular weight excluding hydrogens is 448 g/mol. The quantitative estimate of drug-likeness (QED) is 0.684. The highest BCUT2D eigenvalue weighted by atomic mass is 35.5. The fourth-order valence-electron chi connectivity index (χ4n) is 4.87. The van der Waals surface area contributed by atoms with E-state index < -0.39 is 10.8 Å². The van der Waals surface area contributed by atoms with Crippen LogP contribution in [-0.2, 0) is 16.2 Å². The van der Waals surface area contributed by atoms with Gasteiger partial charge in [0.25, 0.3) is 0 Å². The minimum Gasteiger partial charge on any atom is -0.394 e. The van der Waals surface area contributed by atoms with Crippen LogP contribution >= 0.6 is 11.6 Å². The van der Waals surface area contributed by atoms with Gasteiger partial charge in [-0.25, -0.2) is 15.0 Å². The van der Waals surface area contributed by atoms with E-state index in [-0.39, 0.29) is 17.6 Å². The van der Waals surface area contributed by atoms with E-state index >= 15 is 0 Å². The molecule has 1 spiro atoms. The normalized spacial score (nSPS) is 24.6. The van der Waals surface area contributed by atoms with Crippen molar-refractivity contribution in [3.05, 3.63) is 35.0 Å². The van der Waals surface area contributed by atoms with Gasteiger partial charge >= 0.3 is 0 Å². The van der Waals surface area contributed by atoms with Crippen LogP contribution in [0.4, 0.5) is 11.8 Å². The molecule has 2 N–H and O–H groups in total. The number of aliphatic hydroxyl groups is 1. The number of aromatic nitrogens is 4. The van der Waals surface area contributed by atoms with E-state index in [4.69, 9.17) is 21.6 Å². The maximum Gasteiger partial charge on any atom is 0.227 e. The molecule has 10 heteroatoms. The van der Waals surface area contributed by atoms with Gasteiger partial charge in [-0.3, -0.25) is 4.21 Å². The number of hydrogen-bond acceptors (Lipinski definition) is 8. The molecule has 168 valence electrons. The van der Waals surface area contributed by atoms with Crippen LogP contribution in [0.3, 0.4) is 0 Å². The van der Waals surface area contributed by atoms with Gasteiger partial charge in [0, 0.05) is 36.7 Å². The first-order valence-electron chi connectivity index (χ1n) is 11.1. The zero-order chi connectivity index (χ0) is 21.9. The van der Waals surface area contributed by atoms with Crippen molar-refractivity contribution in [1.82, 2.24) is 19.9 Å². The van der Waals surface area contributed by atoms with Gasteiger partial charge in [0.1, 0.15) is 10.7 Å². The summed E-state index contributed by atoms with van der Waals surface area (Å²) in [7, 11) is -1.10. The summed E-state index contributed by atoms with van der Waals surface area (Å²) in [6.07, 6.45) is 11.1. The van der Waals surface area contributed by atoms with Gasteiger partial charge < -0.3 is 15.3 Å². The van der Waals surface area contributed by atoms with E-state index in [0.717, 1.165) is 61.2 Å². The van der Waals surface area contributed by atoms with Gasteiger partial charge in [0.05, 0.1) is 33.7 Å². The van der Waals surface area contributed by atoms with Crippen molar-refractivity contribution in [2.75, 3.05) is 35.7 Å². The van der Waals surface area contributed by atoms with Gasteiger partial charge in [0.2, 0.25) is 5.95 Å². The first-order valence-corrected chi connectivity index (χ1v) is 12.8. The number of hydrogen-bond donors (Lipinski definition) is 2. The van der Waals surface area contributed by atoms with E-state index in [2.05, 4.69) is 26.3 Å². The molecule has 2 aromatic heterocycles. The Morgan fingerprint density at radius 1 is 1.19 bits per heavy atom. The molecule has 0 amide bonds. The molecule has 0 radical (unpaired) electrons. The van der Waals surface area contributed by atoms with Gasteiger partial charge in [-0.05, 0) is 44.1 Å². The lowest BCUT2D eigenvalue weighted by Gasteiger charge is -2.41. The molecule has 0 bridgehead atoms. The molecule has 6 rings (SSSR count). The Balaban J connectivity index is 1.33. The maximum atomic E-state index is 13.0. The maximum absolute atomic E-state index is 13.0. The standard InChI is InChI=1S/C22H25ClN6O2S/c23-15-10-24-18(25-11-15)14-2-8-29(9-3-14)20-26-17-16(32(31)13-21(17)6-7-21)19(27-20)28-22(12-30)4-1-5-22/h2,10-11,30H,1,3-9,12-13H2,(H,26,27,28)/t32-/m1/s1. The fourth-order valence-corrected chi connectivity index (χ4v) is 6.83. The summed E-state index contributed by atoms with van der Waals surface area (Å²) in [6.45, 7) is 1.45. The highest BCUT2D eigenvalue weighted by Crippen LogP contribution is 2.56. The lowest BCUT2D eigenvalue weighted by Crippen LogP contribution is -2.48. The zero-order valence-corrected chi connectivity index (χ0v) is 19.3. The van der Waals surface area contributed by atoms with Crippen LogP contribution in [0.25, 0.3) is 5.57 Å². The van der Waals surface area contributed by atoms with Crippen LogP contribution in [0, 0.1) is 0 Å². The largest absolute Gasteiger partial charge is 0.394 e. The van der Waals surface area contributed by atoms with Gasteiger partial charge in [0.15, 0.2) is 5.82 Å². The second-order valence-corrected chi connectivity index (χ2v) is 11.2. The molecule has 8 nitrogen and oxygen atoms in total. The third-order valence-electron chi connectivity index (χ3n) is 7.24. The van der Waals surface area contributed by atoms with Crippen molar-refractivity contribution in [3.63, 3.8) is 0 Å². The fraction of sp³-hybridized carbons (Fsp3) is 0.545. The van der Waals surface area contributed by atoms with Crippen LogP contribution in [0.1, 0.15) is 50.0 Å². The van der Waals surface area contributed by atoms with Gasteiger partial charge in [-0.1, -0.05) is 17.7 Å². The monoisotopic (exact) mass is 472 g/mol. The average Bonchev–Trinajstić information content (AvgIpc) is 3.50. The Kier molecular flexibility index (Phi) is 4.78. The summed E-state index contributed by atoms with van der Waals surface area (Å²) >= 11 is 5.91. The summed E-state index contributed by atoms with van der Waals surface area (Å²) in [5, 5.41) is 14.0. The predicted octanol–water partition coefficient (Wildman–Crippen LogP) is 2.69. The van der Waals surface area contributed by atoms with Gasteiger partial charge in [-0.2, -0.15) is 4.98 Å². The molecule has 2 fully saturated rings. The summed E-state index contributed by atoms with van der Waals surface area (Å²) in [6, 6.07) is 0. The number of nitrogens with one attached hydrogen (secondary N) is 1. The Labute approximate surface area is 194 Å². The third-order valence-corrected chi connectivity index (χ3v) is 9.09. The van der Waals surface area contributed by atoms with Crippen LogP contribution < -0.4 is 10.2 Å². The van der Waals surface area contributed by atoms with E-state index in [9.17, 15) is 9.32 Å². The number of fused-ring (bicyclic) bond motifs is 2. The topological polar surface area (TPSA) is 104 Å². The third kappa shape index (κ3) is 3.33. The number of rotatable bonds is 5. The lowest BCUT2D eigenvalue weighted by molar-refractivity contribution is 0.143. The molecule has 0 saturated heterocycles. The Morgan fingerprint density at radius 3 is 2.56 bits per heavy atom. The number of nitrogens with zero attached hydrogens (tertiary/aromatic N) is 5. The molecule has 2 aliphatic heterocycles. The molecule has 32 heavy (non-hydrogen) atoms. The molecule has 2 saturated carbocycles.